The Morgan fingerprint density at radius 3 is 2.83 bits per heavy atom. The van der Waals surface area contributed by atoms with E-state index in [2.05, 4.69) is 21.2 Å². The molecule has 1 aromatic heterocycles. The zero-order chi connectivity index (χ0) is 21.1. The molecule has 1 heterocycles. The summed E-state index contributed by atoms with van der Waals surface area (Å²) in [5, 5.41) is 22.4. The number of alkyl halides is 1. The average molecular weight is 427 g/mol. The highest BCUT2D eigenvalue weighted by molar-refractivity contribution is 6.31. The molecule has 0 fully saturated rings. The molecule has 2 aromatic rings. The van der Waals surface area contributed by atoms with E-state index in [9.17, 15) is 14.3 Å². The number of rotatable bonds is 7. The van der Waals surface area contributed by atoms with E-state index in [4.69, 9.17) is 16.7 Å². The maximum Gasteiger partial charge on any atom is 0.262 e. The number of amides is 1. The molecule has 0 unspecified atom stereocenters. The van der Waals surface area contributed by atoms with E-state index in [1.165, 1.54) is 30.5 Å². The van der Waals surface area contributed by atoms with Crippen molar-refractivity contribution < 1.29 is 23.8 Å². The minimum atomic E-state index is -2.42. The molecule has 10 heteroatoms. The van der Waals surface area contributed by atoms with Crippen LogP contribution in [0.3, 0.4) is 0 Å². The van der Waals surface area contributed by atoms with Crippen molar-refractivity contribution in [1.29, 1.82) is 0 Å². The number of aliphatic hydroxyl groups is 2. The largest absolute Gasteiger partial charge is 0.395 e. The molecule has 1 aliphatic carbocycles. The van der Waals surface area contributed by atoms with Gasteiger partial charge in [-0.1, -0.05) is 23.7 Å². The van der Waals surface area contributed by atoms with Crippen molar-refractivity contribution in [2.45, 2.75) is 30.8 Å². The van der Waals surface area contributed by atoms with Crippen LogP contribution in [0.2, 0.25) is 5.02 Å². The zero-order valence-corrected chi connectivity index (χ0v) is 16.1. The Hall–Kier alpha value is -2.17. The Balaban J connectivity index is 1.81. The molecule has 7 nitrogen and oxygen atoms in total. The molecule has 0 aliphatic heterocycles. The van der Waals surface area contributed by atoms with Gasteiger partial charge in [0, 0.05) is 36.3 Å². The molecule has 1 amide bonds. The first kappa shape index (κ1) is 21.5. The van der Waals surface area contributed by atoms with E-state index < -0.39 is 23.1 Å². The van der Waals surface area contributed by atoms with Gasteiger partial charge in [0.1, 0.15) is 5.82 Å². The lowest BCUT2D eigenvalue weighted by Gasteiger charge is -2.40. The number of fused-ring (bicyclic) bond motifs is 1. The molecule has 156 valence electrons. The van der Waals surface area contributed by atoms with Crippen LogP contribution in [0.5, 0.6) is 0 Å². The first-order valence-corrected chi connectivity index (χ1v) is 9.38. The number of halogens is 3. The van der Waals surface area contributed by atoms with Gasteiger partial charge in [-0.3, -0.25) is 15.2 Å². The summed E-state index contributed by atoms with van der Waals surface area (Å²) >= 11 is 5.95. The molecular formula is C19H21ClF2N4O3. The van der Waals surface area contributed by atoms with Crippen molar-refractivity contribution in [1.82, 2.24) is 21.2 Å². The molecule has 0 saturated heterocycles. The SMILES string of the molecule is O=C(NCc1ccc(F)cc1Cl)[C@]1(F)CC[C@@](O)(NNCCO)c2ncccc21. The lowest BCUT2D eigenvalue weighted by atomic mass is 9.78. The van der Waals surface area contributed by atoms with E-state index in [0.29, 0.717) is 5.56 Å². The Morgan fingerprint density at radius 1 is 1.31 bits per heavy atom. The summed E-state index contributed by atoms with van der Waals surface area (Å²) in [6, 6.07) is 6.59. The number of carbonyl (C=O) groups excluding carboxylic acids is 1. The third-order valence-electron chi connectivity index (χ3n) is 4.80. The van der Waals surface area contributed by atoms with Gasteiger partial charge in [0.15, 0.2) is 5.72 Å². The van der Waals surface area contributed by atoms with Crippen LogP contribution in [0.25, 0.3) is 0 Å². The highest BCUT2D eigenvalue weighted by Gasteiger charge is 2.52. The van der Waals surface area contributed by atoms with E-state index in [-0.39, 0.29) is 48.8 Å². The molecule has 0 saturated carbocycles. The molecule has 0 spiro atoms. The van der Waals surface area contributed by atoms with E-state index in [0.717, 1.165) is 6.07 Å². The van der Waals surface area contributed by atoms with Crippen LogP contribution in [0.4, 0.5) is 8.78 Å². The molecule has 0 radical (unpaired) electrons. The average Bonchev–Trinajstić information content (AvgIpc) is 2.71. The monoisotopic (exact) mass is 426 g/mol. The summed E-state index contributed by atoms with van der Waals surface area (Å²) in [5.41, 5.74) is 1.52. The van der Waals surface area contributed by atoms with Crippen LogP contribution in [-0.4, -0.2) is 34.3 Å². The van der Waals surface area contributed by atoms with E-state index in [1.807, 2.05) is 0 Å². The van der Waals surface area contributed by atoms with E-state index >= 15 is 4.39 Å². The van der Waals surface area contributed by atoms with Gasteiger partial charge in [0.2, 0.25) is 5.67 Å². The number of hydrogen-bond acceptors (Lipinski definition) is 6. The lowest BCUT2D eigenvalue weighted by Crippen LogP contribution is -2.56. The van der Waals surface area contributed by atoms with Crippen molar-refractivity contribution in [3.63, 3.8) is 0 Å². The highest BCUT2D eigenvalue weighted by atomic mass is 35.5. The molecule has 29 heavy (non-hydrogen) atoms. The molecule has 3 rings (SSSR count). The second-order valence-electron chi connectivity index (χ2n) is 6.75. The quantitative estimate of drug-likeness (QED) is 0.260. The van der Waals surface area contributed by atoms with E-state index in [1.54, 1.807) is 0 Å². The van der Waals surface area contributed by atoms with Crippen molar-refractivity contribution in [3.05, 3.63) is 64.2 Å². The number of hydrazine groups is 1. The first-order valence-electron chi connectivity index (χ1n) is 9.00. The predicted molar refractivity (Wildman–Crippen MR) is 102 cm³/mol. The molecule has 2 atom stereocenters. The van der Waals surface area contributed by atoms with Crippen LogP contribution < -0.4 is 16.2 Å². The van der Waals surface area contributed by atoms with Crippen LogP contribution in [-0.2, 0) is 22.7 Å². The van der Waals surface area contributed by atoms with Gasteiger partial charge in [0.05, 0.1) is 12.3 Å². The van der Waals surface area contributed by atoms with Crippen molar-refractivity contribution in [2.24, 2.45) is 0 Å². The van der Waals surface area contributed by atoms with Gasteiger partial charge >= 0.3 is 0 Å². The third-order valence-corrected chi connectivity index (χ3v) is 5.16. The maximum absolute atomic E-state index is 15.8. The van der Waals surface area contributed by atoms with Crippen LogP contribution >= 0.6 is 11.6 Å². The smallest absolute Gasteiger partial charge is 0.262 e. The molecule has 5 N–H and O–H groups in total. The number of hydrogen-bond donors (Lipinski definition) is 5. The summed E-state index contributed by atoms with van der Waals surface area (Å²) in [5.74, 6) is -1.42. The summed E-state index contributed by atoms with van der Waals surface area (Å²) in [7, 11) is 0. The number of carbonyl (C=O) groups is 1. The van der Waals surface area contributed by atoms with Gasteiger partial charge in [0.25, 0.3) is 5.91 Å². The van der Waals surface area contributed by atoms with Gasteiger partial charge in [-0.25, -0.2) is 14.2 Å². The fourth-order valence-electron chi connectivity index (χ4n) is 3.26. The van der Waals surface area contributed by atoms with Crippen LogP contribution in [0.15, 0.2) is 36.5 Å². The van der Waals surface area contributed by atoms with Gasteiger partial charge in [-0.15, -0.1) is 0 Å². The van der Waals surface area contributed by atoms with Crippen molar-refractivity contribution in [2.75, 3.05) is 13.2 Å². The Kier molecular flexibility index (Phi) is 6.45. The third kappa shape index (κ3) is 4.39. The second-order valence-corrected chi connectivity index (χ2v) is 7.16. The van der Waals surface area contributed by atoms with Crippen molar-refractivity contribution in [3.8, 4) is 0 Å². The number of nitrogens with zero attached hydrogens (tertiary/aromatic N) is 1. The van der Waals surface area contributed by atoms with Crippen LogP contribution in [0, 0.1) is 5.82 Å². The topological polar surface area (TPSA) is 107 Å². The van der Waals surface area contributed by atoms with Crippen molar-refractivity contribution >= 4 is 17.5 Å². The Morgan fingerprint density at radius 2 is 2.10 bits per heavy atom. The number of nitrogens with one attached hydrogen (secondary N) is 3. The first-order chi connectivity index (χ1) is 13.8. The highest BCUT2D eigenvalue weighted by Crippen LogP contribution is 2.44. The summed E-state index contributed by atoms with van der Waals surface area (Å²) < 4.78 is 29.0. The van der Waals surface area contributed by atoms with Crippen LogP contribution in [0.1, 0.15) is 29.7 Å². The lowest BCUT2D eigenvalue weighted by molar-refractivity contribution is -0.138. The van der Waals surface area contributed by atoms with Gasteiger partial charge < -0.3 is 15.5 Å². The maximum atomic E-state index is 15.8. The Labute approximate surface area is 171 Å². The van der Waals surface area contributed by atoms with Gasteiger partial charge in [-0.2, -0.15) is 0 Å². The number of aromatic nitrogens is 1. The zero-order valence-electron chi connectivity index (χ0n) is 15.4. The minimum Gasteiger partial charge on any atom is -0.395 e. The fraction of sp³-hybridized carbons (Fsp3) is 0.368. The number of benzene rings is 1. The molecule has 1 aliphatic rings. The normalized spacial score (nSPS) is 23.5. The summed E-state index contributed by atoms with van der Waals surface area (Å²) in [6.07, 6.45) is 0.940. The molecule has 0 bridgehead atoms. The predicted octanol–water partition coefficient (Wildman–Crippen LogP) is 1.38. The standard InChI is InChI=1S/C19H21ClF2N4O3/c20-15-10-13(21)4-3-12(15)11-24-17(28)18(22)5-6-19(29,26-25-8-9-27)16-14(18)2-1-7-23-16/h1-4,7,10,25-27,29H,5-6,8-9,11H2,(H,24,28)/t18-,19-/m0/s1. The number of aliphatic hydroxyl groups excluding tert-OH is 1. The second kappa shape index (κ2) is 8.68. The van der Waals surface area contributed by atoms with Gasteiger partial charge in [-0.05, 0) is 30.2 Å². The summed E-state index contributed by atoms with van der Waals surface area (Å²) in [4.78, 5) is 16.8. The number of pyridine rings is 1. The molecular weight excluding hydrogens is 406 g/mol. The molecule has 1 aromatic carbocycles. The summed E-state index contributed by atoms with van der Waals surface area (Å²) in [6.45, 7) is -0.0937. The fourth-order valence-corrected chi connectivity index (χ4v) is 3.50. The Bertz CT molecular complexity index is 904. The minimum absolute atomic E-state index is 0.0193.